The quantitative estimate of drug-likeness (QED) is 0.756. The second kappa shape index (κ2) is 5.07. The molecular formula is C13H21NO3. The number of fused-ring (bicyclic) bond motifs is 2. The topological polar surface area (TPSA) is 55.4 Å². The van der Waals surface area contributed by atoms with Gasteiger partial charge in [-0.05, 0) is 38.0 Å². The average molecular weight is 239 g/mol. The largest absolute Gasteiger partial charge is 0.469 e. The third-order valence-corrected chi connectivity index (χ3v) is 4.16. The first-order valence-corrected chi connectivity index (χ1v) is 6.47. The van der Waals surface area contributed by atoms with Crippen molar-refractivity contribution in [3.63, 3.8) is 0 Å². The van der Waals surface area contributed by atoms with Crippen molar-refractivity contribution in [2.75, 3.05) is 7.11 Å². The SMILES string of the molecule is COC(=O)CC(C)NC(=O)C1CC2CCC1C2. The Labute approximate surface area is 102 Å². The van der Waals surface area contributed by atoms with Crippen LogP contribution in [0.2, 0.25) is 0 Å². The average Bonchev–Trinajstić information content (AvgIpc) is 2.90. The summed E-state index contributed by atoms with van der Waals surface area (Å²) in [4.78, 5) is 23.1. The molecule has 4 atom stereocenters. The molecule has 0 heterocycles. The zero-order chi connectivity index (χ0) is 12.4. The van der Waals surface area contributed by atoms with Gasteiger partial charge in [0.2, 0.25) is 5.91 Å². The van der Waals surface area contributed by atoms with Gasteiger partial charge < -0.3 is 10.1 Å². The van der Waals surface area contributed by atoms with Crippen molar-refractivity contribution in [3.8, 4) is 0 Å². The first kappa shape index (κ1) is 12.4. The molecule has 1 N–H and O–H groups in total. The number of esters is 1. The predicted molar refractivity (Wildman–Crippen MR) is 63.2 cm³/mol. The Morgan fingerprint density at radius 3 is 2.65 bits per heavy atom. The van der Waals surface area contributed by atoms with Gasteiger partial charge in [-0.15, -0.1) is 0 Å². The predicted octanol–water partition coefficient (Wildman–Crippen LogP) is 1.49. The number of methoxy groups -OCH3 is 1. The molecule has 0 aliphatic heterocycles. The summed E-state index contributed by atoms with van der Waals surface area (Å²) in [5.74, 6) is 1.41. The highest BCUT2D eigenvalue weighted by molar-refractivity contribution is 5.80. The number of carbonyl (C=O) groups excluding carboxylic acids is 2. The van der Waals surface area contributed by atoms with Crippen LogP contribution in [0.5, 0.6) is 0 Å². The Morgan fingerprint density at radius 2 is 2.12 bits per heavy atom. The Bertz CT molecular complexity index is 316. The lowest BCUT2D eigenvalue weighted by Crippen LogP contribution is -2.40. The van der Waals surface area contributed by atoms with Gasteiger partial charge in [-0.3, -0.25) is 9.59 Å². The number of carbonyl (C=O) groups is 2. The Balaban J connectivity index is 1.79. The smallest absolute Gasteiger partial charge is 0.307 e. The molecule has 1 amide bonds. The number of ether oxygens (including phenoxy) is 1. The maximum atomic E-state index is 12.1. The van der Waals surface area contributed by atoms with E-state index in [1.807, 2.05) is 6.92 Å². The molecular weight excluding hydrogens is 218 g/mol. The molecule has 2 fully saturated rings. The summed E-state index contributed by atoms with van der Waals surface area (Å²) in [5.41, 5.74) is 0. The number of amides is 1. The third kappa shape index (κ3) is 2.79. The number of hydrogen-bond acceptors (Lipinski definition) is 3. The van der Waals surface area contributed by atoms with Gasteiger partial charge in [0.25, 0.3) is 0 Å². The van der Waals surface area contributed by atoms with E-state index in [1.54, 1.807) is 0 Å². The van der Waals surface area contributed by atoms with Crippen molar-refractivity contribution in [1.29, 1.82) is 0 Å². The molecule has 0 aromatic carbocycles. The highest BCUT2D eigenvalue weighted by Gasteiger charge is 2.43. The first-order valence-electron chi connectivity index (χ1n) is 6.47. The lowest BCUT2D eigenvalue weighted by molar-refractivity contribution is -0.141. The monoisotopic (exact) mass is 239 g/mol. The maximum absolute atomic E-state index is 12.1. The summed E-state index contributed by atoms with van der Waals surface area (Å²) in [5, 5.41) is 2.93. The molecule has 0 aromatic rings. The zero-order valence-corrected chi connectivity index (χ0v) is 10.6. The molecule has 2 rings (SSSR count). The maximum Gasteiger partial charge on any atom is 0.307 e. The van der Waals surface area contributed by atoms with Crippen molar-refractivity contribution >= 4 is 11.9 Å². The van der Waals surface area contributed by atoms with Gasteiger partial charge in [0.1, 0.15) is 0 Å². The zero-order valence-electron chi connectivity index (χ0n) is 10.6. The van der Waals surface area contributed by atoms with Crippen molar-refractivity contribution in [1.82, 2.24) is 5.32 Å². The molecule has 17 heavy (non-hydrogen) atoms. The minimum Gasteiger partial charge on any atom is -0.469 e. The van der Waals surface area contributed by atoms with Crippen LogP contribution >= 0.6 is 0 Å². The van der Waals surface area contributed by atoms with E-state index in [4.69, 9.17) is 0 Å². The van der Waals surface area contributed by atoms with Gasteiger partial charge in [-0.25, -0.2) is 0 Å². The molecule has 2 aliphatic rings. The van der Waals surface area contributed by atoms with Crippen LogP contribution in [0.3, 0.4) is 0 Å². The van der Waals surface area contributed by atoms with E-state index in [1.165, 1.54) is 26.4 Å². The molecule has 2 bridgehead atoms. The van der Waals surface area contributed by atoms with Gasteiger partial charge in [-0.2, -0.15) is 0 Å². The fraction of sp³-hybridized carbons (Fsp3) is 0.846. The standard InChI is InChI=1S/C13H21NO3/c1-8(5-12(15)17-2)14-13(16)11-7-9-3-4-10(11)6-9/h8-11H,3-7H2,1-2H3,(H,14,16). The highest BCUT2D eigenvalue weighted by Crippen LogP contribution is 2.48. The molecule has 0 spiro atoms. The summed E-state index contributed by atoms with van der Waals surface area (Å²) < 4.78 is 4.59. The summed E-state index contributed by atoms with van der Waals surface area (Å²) in [7, 11) is 1.37. The molecule has 4 unspecified atom stereocenters. The normalized spacial score (nSPS) is 32.2. The van der Waals surface area contributed by atoms with Gasteiger partial charge in [0.05, 0.1) is 13.5 Å². The second-order valence-corrected chi connectivity index (χ2v) is 5.47. The van der Waals surface area contributed by atoms with E-state index in [2.05, 4.69) is 10.1 Å². The van der Waals surface area contributed by atoms with E-state index in [0.717, 1.165) is 12.3 Å². The number of hydrogen-bond donors (Lipinski definition) is 1. The lowest BCUT2D eigenvalue weighted by atomic mass is 9.88. The van der Waals surface area contributed by atoms with Gasteiger partial charge in [-0.1, -0.05) is 6.42 Å². The summed E-state index contributed by atoms with van der Waals surface area (Å²) in [6, 6.07) is -0.130. The van der Waals surface area contributed by atoms with Gasteiger partial charge >= 0.3 is 5.97 Å². The Hall–Kier alpha value is -1.06. The van der Waals surface area contributed by atoms with Gasteiger partial charge in [0, 0.05) is 12.0 Å². The fourth-order valence-corrected chi connectivity index (χ4v) is 3.30. The summed E-state index contributed by atoms with van der Waals surface area (Å²) >= 11 is 0. The summed E-state index contributed by atoms with van der Waals surface area (Å²) in [6.45, 7) is 1.85. The van der Waals surface area contributed by atoms with Gasteiger partial charge in [0.15, 0.2) is 0 Å². The molecule has 2 saturated carbocycles. The highest BCUT2D eigenvalue weighted by atomic mass is 16.5. The van der Waals surface area contributed by atoms with Crippen molar-refractivity contribution < 1.29 is 14.3 Å². The van der Waals surface area contributed by atoms with E-state index in [0.29, 0.717) is 5.92 Å². The Kier molecular flexibility index (Phi) is 3.69. The van der Waals surface area contributed by atoms with Crippen LogP contribution in [-0.2, 0) is 14.3 Å². The van der Waals surface area contributed by atoms with E-state index in [9.17, 15) is 9.59 Å². The lowest BCUT2D eigenvalue weighted by Gasteiger charge is -2.22. The van der Waals surface area contributed by atoms with E-state index in [-0.39, 0.29) is 30.3 Å². The minimum absolute atomic E-state index is 0.130. The first-order chi connectivity index (χ1) is 8.10. The van der Waals surface area contributed by atoms with E-state index < -0.39 is 0 Å². The fourth-order valence-electron chi connectivity index (χ4n) is 3.30. The number of nitrogens with one attached hydrogen (secondary N) is 1. The molecule has 0 radical (unpaired) electrons. The molecule has 4 heteroatoms. The second-order valence-electron chi connectivity index (χ2n) is 5.47. The van der Waals surface area contributed by atoms with Crippen molar-refractivity contribution in [2.24, 2.45) is 17.8 Å². The van der Waals surface area contributed by atoms with Crippen LogP contribution in [0.15, 0.2) is 0 Å². The molecule has 0 saturated heterocycles. The Morgan fingerprint density at radius 1 is 1.35 bits per heavy atom. The molecule has 2 aliphatic carbocycles. The third-order valence-electron chi connectivity index (χ3n) is 4.16. The van der Waals surface area contributed by atoms with Crippen molar-refractivity contribution in [2.45, 2.75) is 45.1 Å². The summed E-state index contributed by atoms with van der Waals surface area (Å²) in [6.07, 6.45) is 5.02. The number of rotatable bonds is 4. The minimum atomic E-state index is -0.272. The molecule has 0 aromatic heterocycles. The van der Waals surface area contributed by atoms with Crippen LogP contribution in [0.25, 0.3) is 0 Å². The van der Waals surface area contributed by atoms with Crippen LogP contribution in [0, 0.1) is 17.8 Å². The van der Waals surface area contributed by atoms with Crippen LogP contribution < -0.4 is 5.32 Å². The van der Waals surface area contributed by atoms with Crippen LogP contribution in [-0.4, -0.2) is 25.0 Å². The van der Waals surface area contributed by atoms with Crippen LogP contribution in [0.1, 0.15) is 39.0 Å². The molecule has 96 valence electrons. The van der Waals surface area contributed by atoms with Crippen molar-refractivity contribution in [3.05, 3.63) is 0 Å². The van der Waals surface area contributed by atoms with Crippen LogP contribution in [0.4, 0.5) is 0 Å². The van der Waals surface area contributed by atoms with E-state index >= 15 is 0 Å². The molecule has 4 nitrogen and oxygen atoms in total.